The van der Waals surface area contributed by atoms with Crippen molar-refractivity contribution in [3.63, 3.8) is 0 Å². The first-order chi connectivity index (χ1) is 15.0. The van der Waals surface area contributed by atoms with Gasteiger partial charge < -0.3 is 4.74 Å². The van der Waals surface area contributed by atoms with E-state index < -0.39 is 0 Å². The van der Waals surface area contributed by atoms with Crippen molar-refractivity contribution >= 4 is 0 Å². The zero-order valence-electron chi connectivity index (χ0n) is 20.6. The molecule has 0 aromatic heterocycles. The third kappa shape index (κ3) is 3.20. The molecule has 1 heteroatoms. The van der Waals surface area contributed by atoms with Crippen molar-refractivity contribution in [2.24, 2.45) is 0 Å². The molecule has 0 amide bonds. The van der Waals surface area contributed by atoms with Gasteiger partial charge in [0.2, 0.25) is 0 Å². The average molecular weight is 425 g/mol. The molecule has 3 atom stereocenters. The number of ether oxygens (including phenoxy) is 1. The molecule has 0 N–H and O–H groups in total. The van der Waals surface area contributed by atoms with E-state index >= 15 is 0 Å². The van der Waals surface area contributed by atoms with Gasteiger partial charge in [-0.15, -0.1) is 0 Å². The van der Waals surface area contributed by atoms with Gasteiger partial charge in [0.25, 0.3) is 0 Å². The molecule has 1 aliphatic heterocycles. The van der Waals surface area contributed by atoms with E-state index in [1.54, 1.807) is 0 Å². The fraction of sp³-hybridized carbons (Fsp3) is 0.419. The van der Waals surface area contributed by atoms with E-state index in [9.17, 15) is 0 Å². The lowest BCUT2D eigenvalue weighted by atomic mass is 9.70. The van der Waals surface area contributed by atoms with E-state index in [4.69, 9.17) is 4.74 Å². The van der Waals surface area contributed by atoms with Crippen LogP contribution in [0.3, 0.4) is 0 Å². The first-order valence-corrected chi connectivity index (χ1v) is 12.0. The van der Waals surface area contributed by atoms with Crippen LogP contribution in [-0.4, -0.2) is 6.10 Å². The molecule has 32 heavy (non-hydrogen) atoms. The SMILES string of the molecule is CC(C)(C)c1cc2c(c(C(C)(C)C)c1)OC1[C@@H](c3ccccc3)c3ccccc3C1(C)C2. The van der Waals surface area contributed by atoms with Crippen molar-refractivity contribution in [2.75, 3.05) is 0 Å². The van der Waals surface area contributed by atoms with Gasteiger partial charge in [0, 0.05) is 16.9 Å². The van der Waals surface area contributed by atoms with Crippen molar-refractivity contribution in [3.8, 4) is 5.75 Å². The number of fused-ring (bicyclic) bond motifs is 4. The Morgan fingerprint density at radius 2 is 1.47 bits per heavy atom. The Labute approximate surface area is 193 Å². The van der Waals surface area contributed by atoms with Crippen molar-refractivity contribution in [3.05, 3.63) is 100 Å². The summed E-state index contributed by atoms with van der Waals surface area (Å²) in [5.41, 5.74) is 8.40. The Kier molecular flexibility index (Phi) is 4.65. The van der Waals surface area contributed by atoms with Gasteiger partial charge in [0.05, 0.1) is 0 Å². The fourth-order valence-electron chi connectivity index (χ4n) is 5.85. The standard InChI is InChI=1S/C31H36O/c1-29(2,3)22-17-21-19-31(7)24-16-12-11-15-23(24)26(20-13-9-8-10-14-20)28(31)32-27(21)25(18-22)30(4,5)6/h8-18,26,28H,19H2,1-7H3/t26-,28?,31?/m0/s1. The van der Waals surface area contributed by atoms with Gasteiger partial charge in [0.1, 0.15) is 11.9 Å². The summed E-state index contributed by atoms with van der Waals surface area (Å²) >= 11 is 0. The smallest absolute Gasteiger partial charge is 0.126 e. The molecule has 1 nitrogen and oxygen atoms in total. The molecule has 0 saturated carbocycles. The Bertz CT molecular complexity index is 1160. The minimum atomic E-state index is -0.0459. The number of hydrogen-bond acceptors (Lipinski definition) is 1. The summed E-state index contributed by atoms with van der Waals surface area (Å²) < 4.78 is 7.13. The highest BCUT2D eigenvalue weighted by Gasteiger charge is 2.54. The average Bonchev–Trinajstić information content (AvgIpc) is 2.98. The van der Waals surface area contributed by atoms with Crippen LogP contribution in [0.5, 0.6) is 5.75 Å². The molecule has 0 spiro atoms. The molecule has 2 unspecified atom stereocenters. The molecule has 2 aliphatic rings. The van der Waals surface area contributed by atoms with E-state index in [2.05, 4.69) is 115 Å². The Balaban J connectivity index is 1.73. The number of rotatable bonds is 1. The van der Waals surface area contributed by atoms with Gasteiger partial charge in [0.15, 0.2) is 0 Å². The van der Waals surface area contributed by atoms with Crippen LogP contribution in [0.4, 0.5) is 0 Å². The molecule has 5 rings (SSSR count). The molecular weight excluding hydrogens is 388 g/mol. The van der Waals surface area contributed by atoms with Gasteiger partial charge in [-0.2, -0.15) is 0 Å². The Hall–Kier alpha value is -2.54. The lowest BCUT2D eigenvalue weighted by Crippen LogP contribution is -2.45. The van der Waals surface area contributed by atoms with Crippen LogP contribution < -0.4 is 4.74 Å². The quantitative estimate of drug-likeness (QED) is 0.389. The van der Waals surface area contributed by atoms with Crippen LogP contribution >= 0.6 is 0 Å². The minimum absolute atomic E-state index is 0.0206. The summed E-state index contributed by atoms with van der Waals surface area (Å²) in [5.74, 6) is 1.38. The summed E-state index contributed by atoms with van der Waals surface area (Å²) in [6.07, 6.45) is 1.11. The third-order valence-electron chi connectivity index (χ3n) is 7.64. The maximum atomic E-state index is 7.13. The van der Waals surface area contributed by atoms with E-state index in [1.165, 1.54) is 33.4 Å². The second-order valence-corrected chi connectivity index (χ2v) is 12.1. The van der Waals surface area contributed by atoms with Gasteiger partial charge in [-0.1, -0.05) is 115 Å². The predicted molar refractivity (Wildman–Crippen MR) is 134 cm³/mol. The summed E-state index contributed by atoms with van der Waals surface area (Å²) in [6.45, 7) is 16.3. The molecule has 1 aliphatic carbocycles. The van der Waals surface area contributed by atoms with Crippen molar-refractivity contribution in [2.45, 2.75) is 83.2 Å². The maximum absolute atomic E-state index is 7.13. The zero-order chi connectivity index (χ0) is 22.9. The van der Waals surface area contributed by atoms with Gasteiger partial charge in [-0.25, -0.2) is 0 Å². The summed E-state index contributed by atoms with van der Waals surface area (Å²) in [6, 6.07) is 24.8. The van der Waals surface area contributed by atoms with Crippen LogP contribution in [0.2, 0.25) is 0 Å². The van der Waals surface area contributed by atoms with E-state index in [1.807, 2.05) is 0 Å². The summed E-state index contributed by atoms with van der Waals surface area (Å²) in [5, 5.41) is 0. The van der Waals surface area contributed by atoms with Crippen molar-refractivity contribution < 1.29 is 4.74 Å². The lowest BCUT2D eigenvalue weighted by Gasteiger charge is -2.43. The molecule has 3 aromatic rings. The predicted octanol–water partition coefficient (Wildman–Crippen LogP) is 7.69. The van der Waals surface area contributed by atoms with Crippen LogP contribution in [-0.2, 0) is 22.7 Å². The molecular formula is C31H36O. The molecule has 0 bridgehead atoms. The van der Waals surface area contributed by atoms with E-state index in [-0.39, 0.29) is 28.3 Å². The van der Waals surface area contributed by atoms with Gasteiger partial charge in [-0.05, 0) is 45.1 Å². The normalized spacial score (nSPS) is 24.3. The second kappa shape index (κ2) is 6.98. The number of benzene rings is 3. The zero-order valence-corrected chi connectivity index (χ0v) is 20.6. The summed E-state index contributed by atoms with van der Waals surface area (Å²) in [4.78, 5) is 0. The van der Waals surface area contributed by atoms with Crippen LogP contribution in [0.1, 0.15) is 87.8 Å². The molecule has 166 valence electrons. The largest absolute Gasteiger partial charge is 0.488 e. The van der Waals surface area contributed by atoms with Crippen LogP contribution in [0.25, 0.3) is 0 Å². The molecule has 0 radical (unpaired) electrons. The molecule has 0 fully saturated rings. The topological polar surface area (TPSA) is 9.23 Å². The summed E-state index contributed by atoms with van der Waals surface area (Å²) in [7, 11) is 0. The number of hydrogen-bond donors (Lipinski definition) is 0. The van der Waals surface area contributed by atoms with Crippen LogP contribution in [0, 0.1) is 0 Å². The Morgan fingerprint density at radius 3 is 2.12 bits per heavy atom. The Morgan fingerprint density at radius 1 is 0.812 bits per heavy atom. The first kappa shape index (κ1) is 21.3. The second-order valence-electron chi connectivity index (χ2n) is 12.1. The van der Waals surface area contributed by atoms with Crippen molar-refractivity contribution in [1.29, 1.82) is 0 Å². The van der Waals surface area contributed by atoms with Crippen LogP contribution in [0.15, 0.2) is 66.7 Å². The monoisotopic (exact) mass is 424 g/mol. The highest BCUT2D eigenvalue weighted by molar-refractivity contribution is 5.58. The highest BCUT2D eigenvalue weighted by atomic mass is 16.5. The highest BCUT2D eigenvalue weighted by Crippen LogP contribution is 2.56. The molecule has 3 aromatic carbocycles. The fourth-order valence-corrected chi connectivity index (χ4v) is 5.85. The van der Waals surface area contributed by atoms with Crippen molar-refractivity contribution in [1.82, 2.24) is 0 Å². The molecule has 0 saturated heterocycles. The van der Waals surface area contributed by atoms with E-state index in [0.29, 0.717) is 0 Å². The lowest BCUT2D eigenvalue weighted by molar-refractivity contribution is 0.0936. The van der Waals surface area contributed by atoms with E-state index in [0.717, 1.165) is 12.2 Å². The third-order valence-corrected chi connectivity index (χ3v) is 7.64. The first-order valence-electron chi connectivity index (χ1n) is 12.0. The molecule has 1 heterocycles. The minimum Gasteiger partial charge on any atom is -0.488 e. The van der Waals surface area contributed by atoms with Gasteiger partial charge >= 0.3 is 0 Å². The van der Waals surface area contributed by atoms with Gasteiger partial charge in [-0.3, -0.25) is 0 Å². The maximum Gasteiger partial charge on any atom is 0.126 e.